The summed E-state index contributed by atoms with van der Waals surface area (Å²) in [7, 11) is -3.63. The normalized spacial score (nSPS) is 12.0. The minimum absolute atomic E-state index is 0.0195. The van der Waals surface area contributed by atoms with Crippen LogP contribution in [0.4, 0.5) is 27.6 Å². The van der Waals surface area contributed by atoms with E-state index in [1.54, 1.807) is 6.07 Å². The van der Waals surface area contributed by atoms with E-state index in [0.29, 0.717) is 10.7 Å². The fourth-order valence-corrected chi connectivity index (χ4v) is 4.64. The maximum atomic E-state index is 15.0. The van der Waals surface area contributed by atoms with Crippen LogP contribution in [0.15, 0.2) is 71.6 Å². The number of nitrogens with two attached hydrogens (primary N) is 1. The fraction of sp³-hybridized carbons (Fsp3) is 0.120. The Morgan fingerprint density at radius 1 is 1.00 bits per heavy atom. The molecule has 0 fully saturated rings. The topological polar surface area (TPSA) is 107 Å². The molecule has 0 spiro atoms. The van der Waals surface area contributed by atoms with Gasteiger partial charge in [0.05, 0.1) is 16.3 Å². The quantitative estimate of drug-likeness (QED) is 0.331. The Bertz CT molecular complexity index is 1650. The number of carbonyl (C=O) groups excluding carboxylic acids is 1. The van der Waals surface area contributed by atoms with Gasteiger partial charge in [0.2, 0.25) is 0 Å². The molecule has 0 radical (unpaired) electrons. The SMILES string of the molecule is CS(=O)(=O)c1ccccc1-c1ccc(NC(=O)c2cc(C(F)(F)F)nn2-c2ccc(F)c(CN)c2)c(F)c1. The van der Waals surface area contributed by atoms with Gasteiger partial charge in [0.1, 0.15) is 17.3 Å². The zero-order valence-electron chi connectivity index (χ0n) is 19.6. The highest BCUT2D eigenvalue weighted by Crippen LogP contribution is 2.32. The standard InChI is InChI=1S/C25H19F5N4O3S/c1-38(36,37)22-5-3-2-4-17(22)14-6-9-20(19(27)11-14)32-24(35)21-12-23(25(28,29)30)33-34(21)16-7-8-18(26)15(10-16)13-31/h2-12H,13,31H2,1H3,(H,32,35). The molecule has 38 heavy (non-hydrogen) atoms. The Labute approximate surface area is 213 Å². The van der Waals surface area contributed by atoms with Gasteiger partial charge in [-0.3, -0.25) is 4.79 Å². The number of anilines is 1. The van der Waals surface area contributed by atoms with Crippen LogP contribution in [0.25, 0.3) is 16.8 Å². The number of alkyl halides is 3. The van der Waals surface area contributed by atoms with Crippen molar-refractivity contribution < 1.29 is 35.2 Å². The maximum Gasteiger partial charge on any atom is 0.435 e. The molecule has 4 aromatic rings. The van der Waals surface area contributed by atoms with E-state index in [9.17, 15) is 35.2 Å². The lowest BCUT2D eigenvalue weighted by molar-refractivity contribution is -0.141. The number of benzene rings is 3. The molecule has 0 bridgehead atoms. The number of hydrogen-bond donors (Lipinski definition) is 2. The largest absolute Gasteiger partial charge is 0.435 e. The lowest BCUT2D eigenvalue weighted by Gasteiger charge is -2.12. The molecular formula is C25H19F5N4O3S. The van der Waals surface area contributed by atoms with E-state index >= 15 is 0 Å². The summed E-state index contributed by atoms with van der Waals surface area (Å²) in [5.74, 6) is -2.78. The lowest BCUT2D eigenvalue weighted by Crippen LogP contribution is -2.18. The van der Waals surface area contributed by atoms with Crippen LogP contribution in [0, 0.1) is 11.6 Å². The summed E-state index contributed by atoms with van der Waals surface area (Å²) in [5, 5.41) is 5.65. The van der Waals surface area contributed by atoms with E-state index < -0.39 is 44.9 Å². The van der Waals surface area contributed by atoms with Crippen LogP contribution >= 0.6 is 0 Å². The van der Waals surface area contributed by atoms with Crippen molar-refractivity contribution in [2.75, 3.05) is 11.6 Å². The molecule has 0 aliphatic heterocycles. The molecule has 198 valence electrons. The molecule has 3 aromatic carbocycles. The fourth-order valence-electron chi connectivity index (χ4n) is 3.73. The molecule has 0 unspecified atom stereocenters. The molecule has 0 saturated carbocycles. The molecule has 0 aliphatic carbocycles. The van der Waals surface area contributed by atoms with Gasteiger partial charge in [-0.1, -0.05) is 24.3 Å². The monoisotopic (exact) mass is 550 g/mol. The Kier molecular flexibility index (Phi) is 7.08. The van der Waals surface area contributed by atoms with Crippen molar-refractivity contribution in [2.24, 2.45) is 5.73 Å². The van der Waals surface area contributed by atoms with Crippen LogP contribution < -0.4 is 11.1 Å². The number of halogens is 5. The van der Waals surface area contributed by atoms with Gasteiger partial charge in [-0.25, -0.2) is 21.9 Å². The van der Waals surface area contributed by atoms with Crippen LogP contribution in [0.2, 0.25) is 0 Å². The Morgan fingerprint density at radius 2 is 1.71 bits per heavy atom. The van der Waals surface area contributed by atoms with Gasteiger partial charge in [0.25, 0.3) is 5.91 Å². The van der Waals surface area contributed by atoms with Gasteiger partial charge in [-0.15, -0.1) is 0 Å². The van der Waals surface area contributed by atoms with Crippen LogP contribution in [0.3, 0.4) is 0 Å². The summed E-state index contributed by atoms with van der Waals surface area (Å²) in [6.45, 7) is -0.255. The average Bonchev–Trinajstić information content (AvgIpc) is 3.31. The second-order valence-electron chi connectivity index (χ2n) is 8.22. The molecule has 1 heterocycles. The number of rotatable bonds is 6. The lowest BCUT2D eigenvalue weighted by atomic mass is 10.0. The smallest absolute Gasteiger partial charge is 0.326 e. The summed E-state index contributed by atoms with van der Waals surface area (Å²) in [6, 6.07) is 13.2. The van der Waals surface area contributed by atoms with Crippen molar-refractivity contribution in [3.05, 3.63) is 95.3 Å². The summed E-state index contributed by atoms with van der Waals surface area (Å²) in [5.41, 5.74) is 3.44. The third-order valence-electron chi connectivity index (χ3n) is 5.54. The van der Waals surface area contributed by atoms with E-state index in [2.05, 4.69) is 10.4 Å². The van der Waals surface area contributed by atoms with E-state index in [-0.39, 0.29) is 39.5 Å². The highest BCUT2D eigenvalue weighted by molar-refractivity contribution is 7.90. The number of hydrogen-bond acceptors (Lipinski definition) is 5. The average molecular weight is 551 g/mol. The summed E-state index contributed by atoms with van der Waals surface area (Å²) < 4.78 is 93.9. The highest BCUT2D eigenvalue weighted by Gasteiger charge is 2.36. The first kappa shape index (κ1) is 26.9. The predicted octanol–water partition coefficient (Wildman–Crippen LogP) is 4.95. The number of sulfone groups is 1. The zero-order chi connectivity index (χ0) is 27.8. The summed E-state index contributed by atoms with van der Waals surface area (Å²) in [4.78, 5) is 12.9. The van der Waals surface area contributed by atoms with Gasteiger partial charge >= 0.3 is 6.18 Å². The number of carbonyl (C=O) groups is 1. The van der Waals surface area contributed by atoms with Gasteiger partial charge in [0.15, 0.2) is 15.5 Å². The van der Waals surface area contributed by atoms with Crippen LogP contribution in [-0.2, 0) is 22.6 Å². The van der Waals surface area contributed by atoms with Gasteiger partial charge in [0, 0.05) is 30.0 Å². The van der Waals surface area contributed by atoms with E-state index in [1.807, 2.05) is 0 Å². The van der Waals surface area contributed by atoms with Crippen molar-refractivity contribution >= 4 is 21.4 Å². The molecular weight excluding hydrogens is 531 g/mol. The Hall–Kier alpha value is -4.10. The second-order valence-corrected chi connectivity index (χ2v) is 10.2. The Balaban J connectivity index is 1.72. The predicted molar refractivity (Wildman–Crippen MR) is 129 cm³/mol. The van der Waals surface area contributed by atoms with Crippen LogP contribution in [0.1, 0.15) is 21.7 Å². The first-order chi connectivity index (χ1) is 17.8. The molecule has 0 saturated heterocycles. The van der Waals surface area contributed by atoms with Gasteiger partial charge in [-0.2, -0.15) is 18.3 Å². The van der Waals surface area contributed by atoms with Crippen LogP contribution in [-0.4, -0.2) is 30.4 Å². The minimum atomic E-state index is -4.91. The zero-order valence-corrected chi connectivity index (χ0v) is 20.4. The summed E-state index contributed by atoms with van der Waals surface area (Å²) in [6.07, 6.45) is -3.90. The summed E-state index contributed by atoms with van der Waals surface area (Å²) >= 11 is 0. The third kappa shape index (κ3) is 5.43. The Morgan fingerprint density at radius 3 is 2.34 bits per heavy atom. The third-order valence-corrected chi connectivity index (χ3v) is 6.70. The van der Waals surface area contributed by atoms with E-state index in [0.717, 1.165) is 36.6 Å². The number of amides is 1. The molecule has 0 atom stereocenters. The van der Waals surface area contributed by atoms with Gasteiger partial charge in [-0.05, 0) is 42.0 Å². The molecule has 4 rings (SSSR count). The van der Waals surface area contributed by atoms with Crippen molar-refractivity contribution in [1.82, 2.24) is 9.78 Å². The molecule has 3 N–H and O–H groups in total. The number of nitrogens with one attached hydrogen (secondary N) is 1. The molecule has 1 aromatic heterocycles. The molecule has 13 heteroatoms. The molecule has 1 amide bonds. The minimum Gasteiger partial charge on any atom is -0.326 e. The molecule has 0 aliphatic rings. The van der Waals surface area contributed by atoms with Crippen molar-refractivity contribution in [3.8, 4) is 16.8 Å². The van der Waals surface area contributed by atoms with Gasteiger partial charge < -0.3 is 11.1 Å². The second kappa shape index (κ2) is 9.99. The van der Waals surface area contributed by atoms with E-state index in [1.165, 1.54) is 24.3 Å². The van der Waals surface area contributed by atoms with Crippen molar-refractivity contribution in [3.63, 3.8) is 0 Å². The van der Waals surface area contributed by atoms with E-state index in [4.69, 9.17) is 5.73 Å². The first-order valence-corrected chi connectivity index (χ1v) is 12.7. The number of nitrogens with zero attached hydrogens (tertiary/aromatic N) is 2. The van der Waals surface area contributed by atoms with Crippen LogP contribution in [0.5, 0.6) is 0 Å². The maximum absolute atomic E-state index is 15.0. The molecule has 7 nitrogen and oxygen atoms in total. The first-order valence-electron chi connectivity index (χ1n) is 10.9. The van der Waals surface area contributed by atoms with Crippen molar-refractivity contribution in [1.29, 1.82) is 0 Å². The highest BCUT2D eigenvalue weighted by atomic mass is 32.2. The van der Waals surface area contributed by atoms with Crippen molar-refractivity contribution in [2.45, 2.75) is 17.6 Å². The number of aromatic nitrogens is 2.